The van der Waals surface area contributed by atoms with Crippen LogP contribution in [-0.2, 0) is 4.79 Å². The Morgan fingerprint density at radius 2 is 2.11 bits per heavy atom. The van der Waals surface area contributed by atoms with Crippen LogP contribution in [0.2, 0.25) is 0 Å². The van der Waals surface area contributed by atoms with Crippen LogP contribution in [0.3, 0.4) is 0 Å². The van der Waals surface area contributed by atoms with Crippen LogP contribution in [-0.4, -0.2) is 34.2 Å². The monoisotopic (exact) mass is 285 g/mol. The Morgan fingerprint density at radius 1 is 1.37 bits per heavy atom. The van der Waals surface area contributed by atoms with Crippen molar-refractivity contribution < 1.29 is 9.90 Å². The molecule has 0 radical (unpaired) electrons. The first kappa shape index (κ1) is 15.2. The molecule has 2 saturated carbocycles. The smallest absolute Gasteiger partial charge is 0.323 e. The van der Waals surface area contributed by atoms with Gasteiger partial charge in [-0.2, -0.15) is 11.8 Å². The molecule has 3 nitrogen and oxygen atoms in total. The molecule has 0 aromatic rings. The second-order valence-electron chi connectivity index (χ2n) is 6.16. The predicted octanol–water partition coefficient (Wildman–Crippen LogP) is 3.29. The first-order chi connectivity index (χ1) is 9.16. The van der Waals surface area contributed by atoms with E-state index in [-0.39, 0.29) is 0 Å². The lowest BCUT2D eigenvalue weighted by atomic mass is 9.98. The Kier molecular flexibility index (Phi) is 5.58. The maximum Gasteiger partial charge on any atom is 0.323 e. The van der Waals surface area contributed by atoms with Gasteiger partial charge in [0.25, 0.3) is 0 Å². The number of rotatable bonds is 7. The van der Waals surface area contributed by atoms with Gasteiger partial charge in [0.2, 0.25) is 0 Å². The highest BCUT2D eigenvalue weighted by Gasteiger charge is 2.45. The van der Waals surface area contributed by atoms with Gasteiger partial charge in [-0.15, -0.1) is 0 Å². The van der Waals surface area contributed by atoms with E-state index in [0.29, 0.717) is 5.25 Å². The first-order valence-electron chi connectivity index (χ1n) is 7.76. The average molecular weight is 285 g/mol. The van der Waals surface area contributed by atoms with Crippen molar-refractivity contribution in [1.29, 1.82) is 0 Å². The molecule has 0 aromatic carbocycles. The van der Waals surface area contributed by atoms with Crippen LogP contribution in [0.1, 0.15) is 58.3 Å². The van der Waals surface area contributed by atoms with Crippen molar-refractivity contribution >= 4 is 17.7 Å². The number of nitrogens with one attached hydrogen (secondary N) is 1. The zero-order valence-corrected chi connectivity index (χ0v) is 12.8. The summed E-state index contributed by atoms with van der Waals surface area (Å²) in [6.07, 6.45) is 9.22. The van der Waals surface area contributed by atoms with Crippen LogP contribution in [0.5, 0.6) is 0 Å². The molecule has 0 amide bonds. The second kappa shape index (κ2) is 6.98. The van der Waals surface area contributed by atoms with Crippen molar-refractivity contribution in [2.24, 2.45) is 5.92 Å². The Hall–Kier alpha value is -0.220. The molecule has 2 aliphatic rings. The number of carboxylic acids is 1. The van der Waals surface area contributed by atoms with Gasteiger partial charge in [0.1, 0.15) is 5.54 Å². The number of thioether (sulfide) groups is 1. The molecule has 2 N–H and O–H groups in total. The molecule has 2 fully saturated rings. The Morgan fingerprint density at radius 3 is 2.74 bits per heavy atom. The van der Waals surface area contributed by atoms with E-state index in [1.165, 1.54) is 31.4 Å². The maximum atomic E-state index is 11.6. The largest absolute Gasteiger partial charge is 0.480 e. The molecule has 2 rings (SSSR count). The van der Waals surface area contributed by atoms with Crippen molar-refractivity contribution in [1.82, 2.24) is 5.32 Å². The molecule has 2 aliphatic carbocycles. The van der Waals surface area contributed by atoms with E-state index in [0.717, 1.165) is 38.1 Å². The summed E-state index contributed by atoms with van der Waals surface area (Å²) >= 11 is 2.03. The minimum Gasteiger partial charge on any atom is -0.480 e. The Balaban J connectivity index is 1.80. The van der Waals surface area contributed by atoms with Crippen LogP contribution in [0.4, 0.5) is 0 Å². The van der Waals surface area contributed by atoms with Gasteiger partial charge in [-0.3, -0.25) is 4.79 Å². The number of hydrogen-bond donors (Lipinski definition) is 2. The zero-order valence-electron chi connectivity index (χ0n) is 12.0. The third kappa shape index (κ3) is 3.88. The van der Waals surface area contributed by atoms with Gasteiger partial charge in [0.15, 0.2) is 0 Å². The van der Waals surface area contributed by atoms with Crippen LogP contribution in [0, 0.1) is 5.92 Å². The molecular weight excluding hydrogens is 258 g/mol. The summed E-state index contributed by atoms with van der Waals surface area (Å²) in [6.45, 7) is 2.90. The molecule has 0 bridgehead atoms. The fraction of sp³-hybridized carbons (Fsp3) is 0.933. The van der Waals surface area contributed by atoms with E-state index >= 15 is 0 Å². The standard InChI is InChI=1S/C15H27NO2S/c1-2-9-16-15(14(17)18)8-7-13(10-15)19-11-12-5-3-4-6-12/h12-13,16H,2-11H2,1H3,(H,17,18). The van der Waals surface area contributed by atoms with Gasteiger partial charge in [-0.05, 0) is 56.7 Å². The SMILES string of the molecule is CCCNC1(C(=O)O)CCC(SCC2CCCC2)C1. The number of carboxylic acid groups (broad SMARTS) is 1. The summed E-state index contributed by atoms with van der Waals surface area (Å²) in [6, 6.07) is 0. The summed E-state index contributed by atoms with van der Waals surface area (Å²) in [5.41, 5.74) is -0.636. The van der Waals surface area contributed by atoms with E-state index in [2.05, 4.69) is 12.2 Å². The van der Waals surface area contributed by atoms with E-state index in [4.69, 9.17) is 0 Å². The van der Waals surface area contributed by atoms with Gasteiger partial charge in [0.05, 0.1) is 0 Å². The van der Waals surface area contributed by atoms with E-state index in [1.54, 1.807) is 0 Å². The van der Waals surface area contributed by atoms with Crippen molar-refractivity contribution in [3.8, 4) is 0 Å². The van der Waals surface area contributed by atoms with E-state index < -0.39 is 11.5 Å². The van der Waals surface area contributed by atoms with Gasteiger partial charge < -0.3 is 10.4 Å². The highest BCUT2D eigenvalue weighted by Crippen LogP contribution is 2.39. The van der Waals surface area contributed by atoms with Crippen LogP contribution >= 0.6 is 11.8 Å². The Bertz CT molecular complexity index is 305. The molecule has 0 spiro atoms. The lowest BCUT2D eigenvalue weighted by Gasteiger charge is -2.26. The summed E-state index contributed by atoms with van der Waals surface area (Å²) < 4.78 is 0. The topological polar surface area (TPSA) is 49.3 Å². The molecule has 0 heterocycles. The summed E-state index contributed by atoms with van der Waals surface area (Å²) in [4.78, 5) is 11.6. The predicted molar refractivity (Wildman–Crippen MR) is 80.7 cm³/mol. The molecule has 0 aromatic heterocycles. The third-order valence-electron chi connectivity index (χ3n) is 4.63. The minimum atomic E-state index is -0.648. The van der Waals surface area contributed by atoms with Gasteiger partial charge in [0, 0.05) is 5.25 Å². The van der Waals surface area contributed by atoms with Crippen molar-refractivity contribution in [3.63, 3.8) is 0 Å². The average Bonchev–Trinajstić information content (AvgIpc) is 3.04. The molecule has 2 atom stereocenters. The van der Waals surface area contributed by atoms with E-state index in [1.807, 2.05) is 11.8 Å². The zero-order chi connectivity index (χ0) is 13.7. The number of aliphatic carboxylic acids is 1. The Labute approximate surface area is 120 Å². The van der Waals surface area contributed by atoms with Crippen molar-refractivity contribution in [2.75, 3.05) is 12.3 Å². The summed E-state index contributed by atoms with van der Waals surface area (Å²) in [5, 5.41) is 13.3. The number of carbonyl (C=O) groups is 1. The molecular formula is C15H27NO2S. The molecule has 0 aliphatic heterocycles. The quantitative estimate of drug-likeness (QED) is 0.753. The first-order valence-corrected chi connectivity index (χ1v) is 8.81. The highest BCUT2D eigenvalue weighted by molar-refractivity contribution is 7.99. The lowest BCUT2D eigenvalue weighted by molar-refractivity contribution is -0.144. The summed E-state index contributed by atoms with van der Waals surface area (Å²) in [5.74, 6) is 1.49. The lowest BCUT2D eigenvalue weighted by Crippen LogP contribution is -2.50. The second-order valence-corrected chi connectivity index (χ2v) is 7.50. The normalized spacial score (nSPS) is 31.9. The summed E-state index contributed by atoms with van der Waals surface area (Å²) in [7, 11) is 0. The minimum absolute atomic E-state index is 0.543. The van der Waals surface area contributed by atoms with Crippen molar-refractivity contribution in [3.05, 3.63) is 0 Å². The van der Waals surface area contributed by atoms with Gasteiger partial charge >= 0.3 is 5.97 Å². The van der Waals surface area contributed by atoms with Crippen LogP contribution < -0.4 is 5.32 Å². The van der Waals surface area contributed by atoms with Gasteiger partial charge in [-0.25, -0.2) is 0 Å². The fourth-order valence-corrected chi connectivity index (χ4v) is 4.95. The third-order valence-corrected chi connectivity index (χ3v) is 6.17. The molecule has 4 heteroatoms. The number of hydrogen-bond acceptors (Lipinski definition) is 3. The van der Waals surface area contributed by atoms with Gasteiger partial charge in [-0.1, -0.05) is 19.8 Å². The van der Waals surface area contributed by atoms with Crippen LogP contribution in [0.25, 0.3) is 0 Å². The maximum absolute atomic E-state index is 11.6. The van der Waals surface area contributed by atoms with Crippen molar-refractivity contribution in [2.45, 2.75) is 69.1 Å². The molecule has 2 unspecified atom stereocenters. The molecule has 110 valence electrons. The molecule has 0 saturated heterocycles. The molecule has 19 heavy (non-hydrogen) atoms. The van der Waals surface area contributed by atoms with Crippen LogP contribution in [0.15, 0.2) is 0 Å². The van der Waals surface area contributed by atoms with E-state index in [9.17, 15) is 9.90 Å². The fourth-order valence-electron chi connectivity index (χ4n) is 3.39. The highest BCUT2D eigenvalue weighted by atomic mass is 32.2.